The minimum absolute atomic E-state index is 0.201. The maximum atomic E-state index is 11.9. The van der Waals surface area contributed by atoms with Crippen molar-refractivity contribution in [1.29, 1.82) is 0 Å². The number of nitrogens with zero attached hydrogens (tertiary/aromatic N) is 1. The van der Waals surface area contributed by atoms with Crippen molar-refractivity contribution >= 4 is 5.91 Å². The van der Waals surface area contributed by atoms with Crippen molar-refractivity contribution in [3.05, 3.63) is 29.7 Å². The molecule has 1 atom stereocenters. The first-order chi connectivity index (χ1) is 9.10. The van der Waals surface area contributed by atoms with Crippen LogP contribution in [0.2, 0.25) is 0 Å². The van der Waals surface area contributed by atoms with Crippen molar-refractivity contribution in [2.24, 2.45) is 0 Å². The summed E-state index contributed by atoms with van der Waals surface area (Å²) in [6.45, 7) is 4.41. The van der Waals surface area contributed by atoms with Crippen LogP contribution in [0.15, 0.2) is 22.6 Å². The van der Waals surface area contributed by atoms with Crippen molar-refractivity contribution in [3.8, 4) is 11.5 Å². The molecule has 0 saturated heterocycles. The molecule has 2 heterocycles. The molecule has 2 rings (SSSR count). The first-order valence-corrected chi connectivity index (χ1v) is 6.18. The van der Waals surface area contributed by atoms with E-state index < -0.39 is 0 Å². The number of hydrogen-bond donors (Lipinski definition) is 3. The van der Waals surface area contributed by atoms with Gasteiger partial charge in [0.05, 0.1) is 0 Å². The molecule has 0 aliphatic carbocycles. The fraction of sp³-hybridized carbons (Fsp3) is 0.385. The van der Waals surface area contributed by atoms with Crippen LogP contribution in [0.4, 0.5) is 0 Å². The number of hydrogen-bond acceptors (Lipinski definition) is 4. The van der Waals surface area contributed by atoms with Gasteiger partial charge in [-0.15, -0.1) is 0 Å². The molecule has 102 valence electrons. The summed E-state index contributed by atoms with van der Waals surface area (Å²) in [4.78, 5) is 11.9. The lowest BCUT2D eigenvalue weighted by Crippen LogP contribution is -2.37. The molecule has 1 amide bonds. The maximum Gasteiger partial charge on any atom is 0.271 e. The lowest BCUT2D eigenvalue weighted by atomic mass is 10.3. The van der Waals surface area contributed by atoms with E-state index in [4.69, 9.17) is 4.42 Å². The van der Waals surface area contributed by atoms with Gasteiger partial charge in [0.25, 0.3) is 5.91 Å². The summed E-state index contributed by atoms with van der Waals surface area (Å²) in [7, 11) is 1.85. The molecule has 19 heavy (non-hydrogen) atoms. The summed E-state index contributed by atoms with van der Waals surface area (Å²) < 4.78 is 5.47. The van der Waals surface area contributed by atoms with E-state index in [1.54, 1.807) is 6.07 Å². The van der Waals surface area contributed by atoms with Crippen LogP contribution in [-0.4, -0.2) is 35.7 Å². The largest absolute Gasteiger partial charge is 0.460 e. The molecular weight excluding hydrogens is 244 g/mol. The van der Waals surface area contributed by atoms with E-state index in [1.165, 1.54) is 0 Å². The predicted octanol–water partition coefficient (Wildman–Crippen LogP) is 1.32. The highest BCUT2D eigenvalue weighted by atomic mass is 16.3. The lowest BCUT2D eigenvalue weighted by Gasteiger charge is -2.09. The molecular formula is C13H18N4O2. The molecule has 2 aromatic rings. The second-order valence-corrected chi connectivity index (χ2v) is 4.48. The van der Waals surface area contributed by atoms with E-state index in [-0.39, 0.29) is 11.9 Å². The SMILES string of the molecule is CNC(C)CNC(=O)c1cc(-c2ccc(C)o2)[nH]n1. The zero-order chi connectivity index (χ0) is 13.8. The standard InChI is InChI=1S/C13H18N4O2/c1-8(14-3)7-15-13(18)11-6-10(16-17-11)12-5-4-9(2)19-12/h4-6,8,14H,7H2,1-3H3,(H,15,18)(H,16,17). The molecule has 0 spiro atoms. The Morgan fingerprint density at radius 1 is 1.53 bits per heavy atom. The van der Waals surface area contributed by atoms with E-state index in [9.17, 15) is 4.79 Å². The van der Waals surface area contributed by atoms with E-state index in [0.717, 1.165) is 5.76 Å². The first-order valence-electron chi connectivity index (χ1n) is 6.18. The summed E-state index contributed by atoms with van der Waals surface area (Å²) >= 11 is 0. The topological polar surface area (TPSA) is 83.0 Å². The maximum absolute atomic E-state index is 11.9. The van der Waals surface area contributed by atoms with Crippen LogP contribution < -0.4 is 10.6 Å². The van der Waals surface area contributed by atoms with Gasteiger partial charge in [0.15, 0.2) is 11.5 Å². The molecule has 3 N–H and O–H groups in total. The Hall–Kier alpha value is -2.08. The third-order valence-electron chi connectivity index (χ3n) is 2.88. The summed E-state index contributed by atoms with van der Waals surface area (Å²) in [5.74, 6) is 1.29. The molecule has 0 saturated carbocycles. The van der Waals surface area contributed by atoms with Crippen LogP contribution in [0.25, 0.3) is 11.5 Å². The fourth-order valence-corrected chi connectivity index (χ4v) is 1.58. The Kier molecular flexibility index (Phi) is 4.01. The second-order valence-electron chi connectivity index (χ2n) is 4.48. The molecule has 0 aliphatic heterocycles. The second kappa shape index (κ2) is 5.71. The molecule has 0 fully saturated rings. The van der Waals surface area contributed by atoms with Gasteiger partial charge in [-0.2, -0.15) is 5.10 Å². The lowest BCUT2D eigenvalue weighted by molar-refractivity contribution is 0.0945. The van der Waals surface area contributed by atoms with Crippen LogP contribution >= 0.6 is 0 Å². The minimum Gasteiger partial charge on any atom is -0.460 e. The molecule has 6 nitrogen and oxygen atoms in total. The van der Waals surface area contributed by atoms with Gasteiger partial charge in [-0.05, 0) is 33.0 Å². The number of carbonyl (C=O) groups is 1. The number of furan rings is 1. The zero-order valence-corrected chi connectivity index (χ0v) is 11.3. The highest BCUT2D eigenvalue weighted by Gasteiger charge is 2.13. The normalized spacial score (nSPS) is 12.4. The van der Waals surface area contributed by atoms with Gasteiger partial charge in [0.1, 0.15) is 11.5 Å². The summed E-state index contributed by atoms with van der Waals surface area (Å²) in [6, 6.07) is 5.60. The quantitative estimate of drug-likeness (QED) is 0.758. The highest BCUT2D eigenvalue weighted by molar-refractivity contribution is 5.93. The Morgan fingerprint density at radius 2 is 2.32 bits per heavy atom. The summed E-state index contributed by atoms with van der Waals surface area (Å²) in [6.07, 6.45) is 0. The molecule has 6 heteroatoms. The number of aromatic amines is 1. The number of H-pyrrole nitrogens is 1. The molecule has 0 bridgehead atoms. The van der Waals surface area contributed by atoms with Crippen molar-refractivity contribution in [3.63, 3.8) is 0 Å². The van der Waals surface area contributed by atoms with Gasteiger partial charge < -0.3 is 15.1 Å². The third-order valence-corrected chi connectivity index (χ3v) is 2.88. The van der Waals surface area contributed by atoms with Crippen molar-refractivity contribution in [2.45, 2.75) is 19.9 Å². The van der Waals surface area contributed by atoms with Crippen molar-refractivity contribution in [1.82, 2.24) is 20.8 Å². The van der Waals surface area contributed by atoms with Crippen LogP contribution in [0, 0.1) is 6.92 Å². The van der Waals surface area contributed by atoms with E-state index in [1.807, 2.05) is 33.0 Å². The predicted molar refractivity (Wildman–Crippen MR) is 71.9 cm³/mol. The van der Waals surface area contributed by atoms with Gasteiger partial charge in [-0.1, -0.05) is 0 Å². The Bertz CT molecular complexity index is 558. The van der Waals surface area contributed by atoms with E-state index in [0.29, 0.717) is 23.7 Å². The smallest absolute Gasteiger partial charge is 0.271 e. The Labute approximate surface area is 111 Å². The number of carbonyl (C=O) groups excluding carboxylic acids is 1. The fourth-order valence-electron chi connectivity index (χ4n) is 1.58. The number of likely N-dealkylation sites (N-methyl/N-ethyl adjacent to an activating group) is 1. The molecule has 0 aromatic carbocycles. The number of amides is 1. The van der Waals surface area contributed by atoms with Gasteiger partial charge in [-0.25, -0.2) is 0 Å². The number of rotatable bonds is 5. The number of aryl methyl sites for hydroxylation is 1. The van der Waals surface area contributed by atoms with Crippen LogP contribution in [0.3, 0.4) is 0 Å². The van der Waals surface area contributed by atoms with E-state index >= 15 is 0 Å². The molecule has 1 unspecified atom stereocenters. The zero-order valence-electron chi connectivity index (χ0n) is 11.3. The van der Waals surface area contributed by atoms with Gasteiger partial charge in [0.2, 0.25) is 0 Å². The van der Waals surface area contributed by atoms with Gasteiger partial charge >= 0.3 is 0 Å². The van der Waals surface area contributed by atoms with Gasteiger partial charge in [-0.3, -0.25) is 9.89 Å². The van der Waals surface area contributed by atoms with Gasteiger partial charge in [0, 0.05) is 18.7 Å². The van der Waals surface area contributed by atoms with Crippen molar-refractivity contribution in [2.75, 3.05) is 13.6 Å². The average Bonchev–Trinajstić information content (AvgIpc) is 3.03. The summed E-state index contributed by atoms with van der Waals surface area (Å²) in [5, 5.41) is 12.6. The first kappa shape index (κ1) is 13.4. The number of aromatic nitrogens is 2. The third kappa shape index (κ3) is 3.23. The molecule has 0 radical (unpaired) electrons. The average molecular weight is 262 g/mol. The summed E-state index contributed by atoms with van der Waals surface area (Å²) in [5.41, 5.74) is 1.05. The molecule has 2 aromatic heterocycles. The monoisotopic (exact) mass is 262 g/mol. The minimum atomic E-state index is -0.201. The Morgan fingerprint density at radius 3 is 2.95 bits per heavy atom. The highest BCUT2D eigenvalue weighted by Crippen LogP contribution is 2.20. The number of nitrogens with one attached hydrogen (secondary N) is 3. The molecule has 0 aliphatic rings. The Balaban J connectivity index is 2.02. The van der Waals surface area contributed by atoms with Crippen LogP contribution in [0.1, 0.15) is 23.2 Å². The van der Waals surface area contributed by atoms with Crippen molar-refractivity contribution < 1.29 is 9.21 Å². The van der Waals surface area contributed by atoms with Crippen LogP contribution in [0.5, 0.6) is 0 Å². The van der Waals surface area contributed by atoms with E-state index in [2.05, 4.69) is 20.8 Å². The van der Waals surface area contributed by atoms with Crippen LogP contribution in [-0.2, 0) is 0 Å².